The fraction of sp³-hybridized carbons (Fsp3) is 0.350. The van der Waals surface area contributed by atoms with Gasteiger partial charge in [0.05, 0.1) is 0 Å². The van der Waals surface area contributed by atoms with Gasteiger partial charge in [-0.1, -0.05) is 6.07 Å². The molecule has 1 N–H and O–H groups in total. The summed E-state index contributed by atoms with van der Waals surface area (Å²) < 4.78 is 7.27. The van der Waals surface area contributed by atoms with Gasteiger partial charge in [-0.3, -0.25) is 9.36 Å². The molecule has 1 aromatic carbocycles. The predicted molar refractivity (Wildman–Crippen MR) is 105 cm³/mol. The second-order valence-corrected chi connectivity index (χ2v) is 6.88. The van der Waals surface area contributed by atoms with Crippen LogP contribution in [0, 0.1) is 0 Å². The Labute approximate surface area is 167 Å². The van der Waals surface area contributed by atoms with E-state index in [0.29, 0.717) is 36.8 Å². The summed E-state index contributed by atoms with van der Waals surface area (Å²) in [7, 11) is 0. The van der Waals surface area contributed by atoms with Gasteiger partial charge in [-0.15, -0.1) is 0 Å². The van der Waals surface area contributed by atoms with Crippen molar-refractivity contribution in [3.63, 3.8) is 0 Å². The number of amides is 1. The van der Waals surface area contributed by atoms with Crippen molar-refractivity contribution in [1.82, 2.24) is 29.6 Å². The van der Waals surface area contributed by atoms with Gasteiger partial charge in [0, 0.05) is 43.5 Å². The molecule has 1 aliphatic heterocycles. The van der Waals surface area contributed by atoms with Crippen LogP contribution in [0.5, 0.6) is 11.8 Å². The van der Waals surface area contributed by atoms with Gasteiger partial charge in [-0.25, -0.2) is 19.9 Å². The number of carbonyl (C=O) groups excluding carboxylic acids is 1. The second kappa shape index (κ2) is 8.26. The molecule has 0 saturated carbocycles. The molecule has 1 fully saturated rings. The summed E-state index contributed by atoms with van der Waals surface area (Å²) in [6.07, 6.45) is 4.93. The minimum absolute atomic E-state index is 0.0313. The smallest absolute Gasteiger partial charge is 0.343 e. The van der Waals surface area contributed by atoms with E-state index in [9.17, 15) is 9.59 Å². The number of aromatic nitrogens is 5. The van der Waals surface area contributed by atoms with Gasteiger partial charge in [0.2, 0.25) is 0 Å². The Morgan fingerprint density at radius 3 is 2.90 bits per heavy atom. The molecule has 4 rings (SSSR count). The van der Waals surface area contributed by atoms with Crippen LogP contribution in [-0.4, -0.2) is 48.6 Å². The van der Waals surface area contributed by atoms with Gasteiger partial charge in [0.15, 0.2) is 0 Å². The normalized spacial score (nSPS) is 16.6. The number of likely N-dealkylation sites (tertiary alicyclic amines) is 1. The van der Waals surface area contributed by atoms with E-state index in [0.717, 1.165) is 12.8 Å². The third-order valence-electron chi connectivity index (χ3n) is 5.01. The number of nitrogens with one attached hydrogen (secondary N) is 1. The molecule has 1 aliphatic rings. The van der Waals surface area contributed by atoms with E-state index in [1.807, 2.05) is 11.8 Å². The highest BCUT2D eigenvalue weighted by molar-refractivity contribution is 5.94. The third kappa shape index (κ3) is 4.03. The maximum atomic E-state index is 13.1. The lowest BCUT2D eigenvalue weighted by Crippen LogP contribution is -2.40. The number of ether oxygens (including phenoxy) is 1. The topological polar surface area (TPSA) is 106 Å². The summed E-state index contributed by atoms with van der Waals surface area (Å²) in [5.41, 5.74) is 0.327. The standard InChI is InChI=1S/C20H22N6O3/c1-2-26-17(23-24-20(26)28)15-7-4-11-25(13-15)18(27)14-6-3-8-16(12-14)29-19-21-9-5-10-22-19/h3,5-6,8-10,12,15H,2,4,7,11,13H2,1H3,(H,24,28). The lowest BCUT2D eigenvalue weighted by molar-refractivity contribution is 0.0703. The van der Waals surface area contributed by atoms with Crippen molar-refractivity contribution in [1.29, 1.82) is 0 Å². The van der Waals surface area contributed by atoms with E-state index in [2.05, 4.69) is 20.2 Å². The molecule has 150 valence electrons. The number of aromatic amines is 1. The van der Waals surface area contributed by atoms with Gasteiger partial charge in [0.25, 0.3) is 5.91 Å². The van der Waals surface area contributed by atoms with E-state index in [1.165, 1.54) is 0 Å². The minimum Gasteiger partial charge on any atom is -0.424 e. The van der Waals surface area contributed by atoms with Crippen molar-refractivity contribution >= 4 is 5.91 Å². The summed E-state index contributed by atoms with van der Waals surface area (Å²) in [5, 5.41) is 6.71. The fourth-order valence-electron chi connectivity index (χ4n) is 3.64. The van der Waals surface area contributed by atoms with Crippen molar-refractivity contribution in [2.45, 2.75) is 32.2 Å². The number of nitrogens with zero attached hydrogens (tertiary/aromatic N) is 5. The molecule has 1 atom stereocenters. The highest BCUT2D eigenvalue weighted by Gasteiger charge is 2.29. The van der Waals surface area contributed by atoms with Crippen molar-refractivity contribution in [2.75, 3.05) is 13.1 Å². The molecule has 2 aromatic heterocycles. The van der Waals surface area contributed by atoms with Gasteiger partial charge in [-0.05, 0) is 44.0 Å². The monoisotopic (exact) mass is 394 g/mol. The zero-order valence-corrected chi connectivity index (χ0v) is 16.1. The maximum absolute atomic E-state index is 13.1. The van der Waals surface area contributed by atoms with E-state index in [4.69, 9.17) is 4.74 Å². The van der Waals surface area contributed by atoms with Crippen LogP contribution >= 0.6 is 0 Å². The first-order valence-corrected chi connectivity index (χ1v) is 9.65. The average molecular weight is 394 g/mol. The summed E-state index contributed by atoms with van der Waals surface area (Å²) >= 11 is 0. The lowest BCUT2D eigenvalue weighted by atomic mass is 9.96. The SMILES string of the molecule is CCn1c(C2CCCN(C(=O)c3cccc(Oc4ncccn4)c3)C2)n[nH]c1=O. The Morgan fingerprint density at radius 2 is 2.10 bits per heavy atom. The quantitative estimate of drug-likeness (QED) is 0.711. The number of H-pyrrole nitrogens is 1. The van der Waals surface area contributed by atoms with Crippen LogP contribution in [0.25, 0.3) is 0 Å². The van der Waals surface area contributed by atoms with Crippen molar-refractivity contribution in [2.24, 2.45) is 0 Å². The molecule has 1 amide bonds. The van der Waals surface area contributed by atoms with E-state index < -0.39 is 0 Å². The zero-order chi connectivity index (χ0) is 20.2. The average Bonchev–Trinajstić information content (AvgIpc) is 3.14. The predicted octanol–water partition coefficient (Wildman–Crippen LogP) is 2.19. The molecule has 0 bridgehead atoms. The highest BCUT2D eigenvalue weighted by atomic mass is 16.5. The van der Waals surface area contributed by atoms with E-state index in [-0.39, 0.29) is 23.5 Å². The number of hydrogen-bond acceptors (Lipinski definition) is 6. The molecule has 3 aromatic rings. The summed E-state index contributed by atoms with van der Waals surface area (Å²) in [6, 6.07) is 8.92. The number of piperidine rings is 1. The van der Waals surface area contributed by atoms with Crippen LogP contribution in [-0.2, 0) is 6.54 Å². The lowest BCUT2D eigenvalue weighted by Gasteiger charge is -2.32. The third-order valence-corrected chi connectivity index (χ3v) is 5.01. The molecule has 29 heavy (non-hydrogen) atoms. The first-order chi connectivity index (χ1) is 14.2. The van der Waals surface area contributed by atoms with Gasteiger partial charge >= 0.3 is 11.7 Å². The molecular formula is C20H22N6O3. The Kier molecular flexibility index (Phi) is 5.37. The molecule has 9 heteroatoms. The Hall–Kier alpha value is -3.49. The minimum atomic E-state index is -0.209. The van der Waals surface area contributed by atoms with Crippen LogP contribution < -0.4 is 10.4 Å². The molecule has 1 unspecified atom stereocenters. The molecule has 0 spiro atoms. The molecule has 0 radical (unpaired) electrons. The van der Waals surface area contributed by atoms with E-state index in [1.54, 1.807) is 47.3 Å². The van der Waals surface area contributed by atoms with Gasteiger partial charge < -0.3 is 9.64 Å². The summed E-state index contributed by atoms with van der Waals surface area (Å²) in [4.78, 5) is 34.8. The van der Waals surface area contributed by atoms with Crippen LogP contribution in [0.15, 0.2) is 47.5 Å². The number of rotatable bonds is 5. The van der Waals surface area contributed by atoms with Crippen molar-refractivity contribution in [3.8, 4) is 11.8 Å². The van der Waals surface area contributed by atoms with E-state index >= 15 is 0 Å². The molecular weight excluding hydrogens is 372 g/mol. The Bertz CT molecular complexity index is 1050. The first kappa shape index (κ1) is 18.9. The van der Waals surface area contributed by atoms with Crippen LogP contribution in [0.3, 0.4) is 0 Å². The number of carbonyl (C=O) groups is 1. The first-order valence-electron chi connectivity index (χ1n) is 9.65. The van der Waals surface area contributed by atoms with Crippen LogP contribution in [0.4, 0.5) is 0 Å². The Balaban J connectivity index is 1.50. The van der Waals surface area contributed by atoms with Crippen molar-refractivity contribution in [3.05, 3.63) is 64.6 Å². The largest absolute Gasteiger partial charge is 0.424 e. The van der Waals surface area contributed by atoms with Crippen molar-refractivity contribution < 1.29 is 9.53 Å². The molecule has 3 heterocycles. The molecule has 1 saturated heterocycles. The number of benzene rings is 1. The molecule has 9 nitrogen and oxygen atoms in total. The summed E-state index contributed by atoms with van der Waals surface area (Å²) in [5.74, 6) is 1.18. The van der Waals surface area contributed by atoms with Gasteiger partial charge in [-0.2, -0.15) is 5.10 Å². The fourth-order valence-corrected chi connectivity index (χ4v) is 3.64. The summed E-state index contributed by atoms with van der Waals surface area (Å²) in [6.45, 7) is 3.66. The Morgan fingerprint density at radius 1 is 1.28 bits per heavy atom. The van der Waals surface area contributed by atoms with Crippen LogP contribution in [0.1, 0.15) is 41.9 Å². The molecule has 0 aliphatic carbocycles. The highest BCUT2D eigenvalue weighted by Crippen LogP contribution is 2.27. The second-order valence-electron chi connectivity index (χ2n) is 6.88. The van der Waals surface area contributed by atoms with Gasteiger partial charge in [0.1, 0.15) is 11.6 Å². The maximum Gasteiger partial charge on any atom is 0.343 e. The van der Waals surface area contributed by atoms with Crippen LogP contribution in [0.2, 0.25) is 0 Å². The zero-order valence-electron chi connectivity index (χ0n) is 16.1. The number of hydrogen-bond donors (Lipinski definition) is 1.